The number of para-hydroxylation sites is 2. The third kappa shape index (κ3) is 4.00. The van der Waals surface area contributed by atoms with Crippen LogP contribution in [0, 0.1) is 5.82 Å². The Morgan fingerprint density at radius 1 is 0.840 bits per heavy atom. The van der Waals surface area contributed by atoms with E-state index >= 15 is 0 Å². The average Bonchev–Trinajstić information content (AvgIpc) is 2.57. The van der Waals surface area contributed by atoms with Crippen molar-refractivity contribution < 1.29 is 17.6 Å². The van der Waals surface area contributed by atoms with Crippen LogP contribution < -0.4 is 10.6 Å². The minimum atomic E-state index is -4.53. The average molecular weight is 349 g/mol. The summed E-state index contributed by atoms with van der Waals surface area (Å²) in [6.45, 7) is 0. The molecule has 0 saturated heterocycles. The van der Waals surface area contributed by atoms with Crippen molar-refractivity contribution >= 4 is 23.1 Å². The molecule has 9 heteroatoms. The molecule has 2 aromatic carbocycles. The molecule has 0 spiro atoms. The van der Waals surface area contributed by atoms with Crippen LogP contribution in [0.15, 0.2) is 54.7 Å². The van der Waals surface area contributed by atoms with Crippen LogP contribution in [0.1, 0.15) is 5.56 Å². The number of aromatic nitrogens is 3. The minimum absolute atomic E-state index is 0.132. The van der Waals surface area contributed by atoms with Gasteiger partial charge in [-0.05, 0) is 24.3 Å². The Labute approximate surface area is 139 Å². The Bertz CT molecular complexity index is 882. The molecule has 2 N–H and O–H groups in total. The maximum Gasteiger partial charge on any atom is 0.418 e. The number of hydrogen-bond acceptors (Lipinski definition) is 5. The first-order chi connectivity index (χ1) is 11.9. The van der Waals surface area contributed by atoms with Gasteiger partial charge in [-0.15, -0.1) is 5.10 Å². The Hall–Kier alpha value is -3.23. The molecule has 128 valence electrons. The molecule has 25 heavy (non-hydrogen) atoms. The quantitative estimate of drug-likeness (QED) is 0.678. The molecular weight excluding hydrogens is 338 g/mol. The molecule has 1 aromatic heterocycles. The van der Waals surface area contributed by atoms with E-state index < -0.39 is 17.6 Å². The van der Waals surface area contributed by atoms with E-state index in [4.69, 9.17) is 0 Å². The van der Waals surface area contributed by atoms with Crippen molar-refractivity contribution in [1.82, 2.24) is 15.2 Å². The number of halogens is 4. The summed E-state index contributed by atoms with van der Waals surface area (Å²) in [6, 6.07) is 10.8. The van der Waals surface area contributed by atoms with E-state index in [0.29, 0.717) is 0 Å². The van der Waals surface area contributed by atoms with Crippen LogP contribution in [-0.2, 0) is 6.18 Å². The summed E-state index contributed by atoms with van der Waals surface area (Å²) < 4.78 is 52.7. The van der Waals surface area contributed by atoms with Crippen LogP contribution in [-0.4, -0.2) is 15.2 Å². The van der Waals surface area contributed by atoms with Crippen LogP contribution in [0.25, 0.3) is 0 Å². The number of rotatable bonds is 4. The predicted molar refractivity (Wildman–Crippen MR) is 84.2 cm³/mol. The highest BCUT2D eigenvalue weighted by Gasteiger charge is 2.33. The SMILES string of the molecule is Fc1ccccc1Nc1cnnc(Nc2ccccc2C(F)(F)F)n1. The molecule has 0 aliphatic carbocycles. The first kappa shape index (κ1) is 16.6. The smallest absolute Gasteiger partial charge is 0.336 e. The first-order valence-corrected chi connectivity index (χ1v) is 7.08. The maximum atomic E-state index is 13.6. The largest absolute Gasteiger partial charge is 0.418 e. The van der Waals surface area contributed by atoms with Gasteiger partial charge in [-0.3, -0.25) is 0 Å². The lowest BCUT2D eigenvalue weighted by Crippen LogP contribution is -2.10. The Morgan fingerprint density at radius 3 is 2.24 bits per heavy atom. The summed E-state index contributed by atoms with van der Waals surface area (Å²) in [7, 11) is 0. The zero-order valence-corrected chi connectivity index (χ0v) is 12.5. The molecule has 3 rings (SSSR count). The van der Waals surface area contributed by atoms with Gasteiger partial charge >= 0.3 is 6.18 Å². The molecule has 0 atom stereocenters. The van der Waals surface area contributed by atoms with Crippen LogP contribution in [0.5, 0.6) is 0 Å². The van der Waals surface area contributed by atoms with E-state index in [1.807, 2.05) is 0 Å². The molecule has 0 unspecified atom stereocenters. The topological polar surface area (TPSA) is 62.7 Å². The van der Waals surface area contributed by atoms with Crippen molar-refractivity contribution in [1.29, 1.82) is 0 Å². The lowest BCUT2D eigenvalue weighted by atomic mass is 10.1. The summed E-state index contributed by atoms with van der Waals surface area (Å²) >= 11 is 0. The van der Waals surface area contributed by atoms with Crippen molar-refractivity contribution in [3.05, 3.63) is 66.1 Å². The number of nitrogens with one attached hydrogen (secondary N) is 2. The normalized spacial score (nSPS) is 11.2. The summed E-state index contributed by atoms with van der Waals surface area (Å²) in [5, 5.41) is 12.5. The van der Waals surface area contributed by atoms with Gasteiger partial charge in [-0.1, -0.05) is 24.3 Å². The van der Waals surface area contributed by atoms with Crippen molar-refractivity contribution in [2.45, 2.75) is 6.18 Å². The summed E-state index contributed by atoms with van der Waals surface area (Å²) in [5.74, 6) is -0.525. The molecule has 5 nitrogen and oxygen atoms in total. The van der Waals surface area contributed by atoms with Crippen molar-refractivity contribution in [2.24, 2.45) is 0 Å². The van der Waals surface area contributed by atoms with Gasteiger partial charge in [0.05, 0.1) is 23.1 Å². The van der Waals surface area contributed by atoms with Crippen LogP contribution >= 0.6 is 0 Å². The van der Waals surface area contributed by atoms with Crippen molar-refractivity contribution in [3.8, 4) is 0 Å². The Kier molecular flexibility index (Phi) is 4.46. The van der Waals surface area contributed by atoms with Crippen molar-refractivity contribution in [2.75, 3.05) is 10.6 Å². The van der Waals surface area contributed by atoms with Gasteiger partial charge in [0.15, 0.2) is 5.82 Å². The van der Waals surface area contributed by atoms with E-state index in [1.54, 1.807) is 6.07 Å². The first-order valence-electron chi connectivity index (χ1n) is 7.08. The van der Waals surface area contributed by atoms with Crippen LogP contribution in [0.4, 0.5) is 40.7 Å². The number of alkyl halides is 3. The fraction of sp³-hybridized carbons (Fsp3) is 0.0625. The Balaban J connectivity index is 1.85. The van der Waals surface area contributed by atoms with Gasteiger partial charge in [0.25, 0.3) is 0 Å². The molecule has 3 aromatic rings. The van der Waals surface area contributed by atoms with E-state index in [-0.39, 0.29) is 23.1 Å². The number of nitrogens with zero attached hydrogens (tertiary/aromatic N) is 3. The van der Waals surface area contributed by atoms with Crippen LogP contribution in [0.2, 0.25) is 0 Å². The molecule has 0 bridgehead atoms. The van der Waals surface area contributed by atoms with Gasteiger partial charge in [0.2, 0.25) is 5.95 Å². The second-order valence-corrected chi connectivity index (χ2v) is 4.94. The lowest BCUT2D eigenvalue weighted by Gasteiger charge is -2.13. The van der Waals surface area contributed by atoms with Crippen molar-refractivity contribution in [3.63, 3.8) is 0 Å². The molecule has 1 heterocycles. The molecular formula is C16H11F4N5. The van der Waals surface area contributed by atoms with Crippen LogP contribution in [0.3, 0.4) is 0 Å². The minimum Gasteiger partial charge on any atom is -0.336 e. The molecule has 0 aliphatic rings. The maximum absolute atomic E-state index is 13.6. The summed E-state index contributed by atoms with van der Waals surface area (Å²) in [4.78, 5) is 4.00. The highest BCUT2D eigenvalue weighted by Crippen LogP contribution is 2.35. The highest BCUT2D eigenvalue weighted by molar-refractivity contribution is 5.61. The zero-order valence-electron chi connectivity index (χ0n) is 12.5. The fourth-order valence-electron chi connectivity index (χ4n) is 2.08. The molecule has 0 fully saturated rings. The molecule has 0 radical (unpaired) electrons. The fourth-order valence-corrected chi connectivity index (χ4v) is 2.08. The van der Waals surface area contributed by atoms with Gasteiger partial charge < -0.3 is 10.6 Å². The number of anilines is 4. The molecule has 0 amide bonds. The van der Waals surface area contributed by atoms with Gasteiger partial charge in [-0.2, -0.15) is 23.3 Å². The zero-order chi connectivity index (χ0) is 17.9. The third-order valence-corrected chi connectivity index (χ3v) is 3.17. The predicted octanol–water partition coefficient (Wildman–Crippen LogP) is 4.52. The van der Waals surface area contributed by atoms with E-state index in [0.717, 1.165) is 6.07 Å². The Morgan fingerprint density at radius 2 is 1.52 bits per heavy atom. The summed E-state index contributed by atoms with van der Waals surface area (Å²) in [5.41, 5.74) is -0.907. The highest BCUT2D eigenvalue weighted by atomic mass is 19.4. The third-order valence-electron chi connectivity index (χ3n) is 3.17. The van der Waals surface area contributed by atoms with E-state index in [1.165, 1.54) is 42.6 Å². The number of hydrogen-bond donors (Lipinski definition) is 2. The second-order valence-electron chi connectivity index (χ2n) is 4.94. The van der Waals surface area contributed by atoms with Gasteiger partial charge in [-0.25, -0.2) is 4.39 Å². The standard InChI is InChI=1S/C16H11F4N5/c17-11-6-2-4-8-13(11)22-14-9-21-25-15(24-14)23-12-7-3-1-5-10(12)16(18,19)20/h1-9H,(H2,22,23,24,25). The summed E-state index contributed by atoms with van der Waals surface area (Å²) in [6.07, 6.45) is -3.30. The molecule has 0 aliphatic heterocycles. The molecule has 0 saturated carbocycles. The van der Waals surface area contributed by atoms with Gasteiger partial charge in [0, 0.05) is 0 Å². The lowest BCUT2D eigenvalue weighted by molar-refractivity contribution is -0.136. The van der Waals surface area contributed by atoms with E-state index in [9.17, 15) is 17.6 Å². The van der Waals surface area contributed by atoms with Gasteiger partial charge in [0.1, 0.15) is 5.82 Å². The second kappa shape index (κ2) is 6.71. The number of benzene rings is 2. The monoisotopic (exact) mass is 349 g/mol. The van der Waals surface area contributed by atoms with E-state index in [2.05, 4.69) is 25.8 Å².